The Hall–Kier alpha value is -3.62. The average Bonchev–Trinajstić information content (AvgIpc) is 3.27. The number of anilines is 1. The van der Waals surface area contributed by atoms with Crippen molar-refractivity contribution in [3.8, 4) is 5.75 Å². The normalized spacial score (nSPS) is 10.6. The van der Waals surface area contributed by atoms with Crippen LogP contribution in [0, 0.1) is 17.0 Å². The van der Waals surface area contributed by atoms with Crippen LogP contribution in [0.1, 0.15) is 28.9 Å². The molecule has 0 aliphatic rings. The molecular formula is C18H18N4O5. The third-order valence-corrected chi connectivity index (χ3v) is 3.97. The molecule has 2 aromatic heterocycles. The molecule has 0 fully saturated rings. The van der Waals surface area contributed by atoms with Gasteiger partial charge in [0.15, 0.2) is 11.5 Å². The Morgan fingerprint density at radius 3 is 2.81 bits per heavy atom. The van der Waals surface area contributed by atoms with Crippen LogP contribution >= 0.6 is 0 Å². The monoisotopic (exact) mass is 370 g/mol. The fourth-order valence-corrected chi connectivity index (χ4v) is 2.53. The molecular weight excluding hydrogens is 352 g/mol. The molecule has 0 saturated carbocycles. The lowest BCUT2D eigenvalue weighted by molar-refractivity contribution is -0.386. The lowest BCUT2D eigenvalue weighted by Crippen LogP contribution is -2.11. The number of benzene rings is 1. The van der Waals surface area contributed by atoms with E-state index in [9.17, 15) is 14.9 Å². The highest BCUT2D eigenvalue weighted by Crippen LogP contribution is 2.27. The summed E-state index contributed by atoms with van der Waals surface area (Å²) in [6.45, 7) is 4.49. The molecule has 3 rings (SSSR count). The van der Waals surface area contributed by atoms with Crippen LogP contribution in [0.4, 0.5) is 11.4 Å². The van der Waals surface area contributed by atoms with Crippen LogP contribution < -0.4 is 10.1 Å². The standard InChI is InChI=1S/C18H18N4O5/c1-3-21-12(2)14(10-19-21)20-18(23)17-9-8-13(27-17)11-26-16-7-5-4-6-15(16)22(24)25/h4-10H,3,11H2,1-2H3,(H,20,23). The number of para-hydroxylation sites is 2. The van der Waals surface area contributed by atoms with E-state index >= 15 is 0 Å². The van der Waals surface area contributed by atoms with Crippen molar-refractivity contribution in [3.05, 3.63) is 69.9 Å². The van der Waals surface area contributed by atoms with Gasteiger partial charge in [-0.15, -0.1) is 0 Å². The van der Waals surface area contributed by atoms with Crippen molar-refractivity contribution in [1.29, 1.82) is 0 Å². The number of furan rings is 1. The molecule has 3 aromatic rings. The number of nitrogens with zero attached hydrogens (tertiary/aromatic N) is 3. The maximum Gasteiger partial charge on any atom is 0.310 e. The molecule has 9 heteroatoms. The van der Waals surface area contributed by atoms with Gasteiger partial charge in [-0.1, -0.05) is 12.1 Å². The van der Waals surface area contributed by atoms with Gasteiger partial charge in [0, 0.05) is 12.6 Å². The van der Waals surface area contributed by atoms with E-state index in [1.54, 1.807) is 29.1 Å². The number of nitro benzene ring substituents is 1. The number of ether oxygens (including phenoxy) is 1. The molecule has 1 aromatic carbocycles. The number of carbonyl (C=O) groups is 1. The van der Waals surface area contributed by atoms with Crippen molar-refractivity contribution in [2.24, 2.45) is 0 Å². The van der Waals surface area contributed by atoms with Gasteiger partial charge < -0.3 is 14.5 Å². The molecule has 0 bridgehead atoms. The van der Waals surface area contributed by atoms with Crippen LogP contribution in [0.5, 0.6) is 5.75 Å². The molecule has 1 N–H and O–H groups in total. The molecule has 0 radical (unpaired) electrons. The van der Waals surface area contributed by atoms with Crippen LogP contribution in [-0.4, -0.2) is 20.6 Å². The molecule has 0 atom stereocenters. The Morgan fingerprint density at radius 1 is 1.33 bits per heavy atom. The molecule has 0 spiro atoms. The summed E-state index contributed by atoms with van der Waals surface area (Å²) in [5.41, 5.74) is 1.32. The van der Waals surface area contributed by atoms with Gasteiger partial charge in [-0.3, -0.25) is 19.6 Å². The molecule has 0 saturated heterocycles. The van der Waals surface area contributed by atoms with Gasteiger partial charge in [0.05, 0.1) is 22.5 Å². The summed E-state index contributed by atoms with van der Waals surface area (Å²) >= 11 is 0. The maximum absolute atomic E-state index is 12.3. The SMILES string of the molecule is CCn1ncc(NC(=O)c2ccc(COc3ccccc3[N+](=O)[O-])o2)c1C. The first kappa shape index (κ1) is 18.2. The molecule has 0 unspecified atom stereocenters. The van der Waals surface area contributed by atoms with E-state index in [0.717, 1.165) is 5.69 Å². The zero-order chi connectivity index (χ0) is 19.4. The van der Waals surface area contributed by atoms with Crippen molar-refractivity contribution in [1.82, 2.24) is 9.78 Å². The first-order chi connectivity index (χ1) is 13.0. The predicted octanol–water partition coefficient (Wildman–Crippen LogP) is 3.54. The fraction of sp³-hybridized carbons (Fsp3) is 0.222. The lowest BCUT2D eigenvalue weighted by Gasteiger charge is -2.05. The summed E-state index contributed by atoms with van der Waals surface area (Å²) in [5, 5.41) is 17.9. The zero-order valence-corrected chi connectivity index (χ0v) is 14.8. The van der Waals surface area contributed by atoms with E-state index < -0.39 is 10.8 Å². The van der Waals surface area contributed by atoms with Gasteiger partial charge in [0.2, 0.25) is 0 Å². The second kappa shape index (κ2) is 7.73. The van der Waals surface area contributed by atoms with Gasteiger partial charge in [0.25, 0.3) is 5.91 Å². The quantitative estimate of drug-likeness (QED) is 0.503. The Labute approximate surface area is 154 Å². The maximum atomic E-state index is 12.3. The smallest absolute Gasteiger partial charge is 0.310 e. The van der Waals surface area contributed by atoms with Crippen molar-refractivity contribution < 1.29 is 18.9 Å². The van der Waals surface area contributed by atoms with Crippen molar-refractivity contribution in [3.63, 3.8) is 0 Å². The lowest BCUT2D eigenvalue weighted by atomic mass is 10.3. The molecule has 2 heterocycles. The molecule has 0 aliphatic heterocycles. The second-order valence-corrected chi connectivity index (χ2v) is 5.69. The summed E-state index contributed by atoms with van der Waals surface area (Å²) in [7, 11) is 0. The Bertz CT molecular complexity index is 976. The fourth-order valence-electron chi connectivity index (χ4n) is 2.53. The van der Waals surface area contributed by atoms with E-state index in [1.165, 1.54) is 18.2 Å². The summed E-state index contributed by atoms with van der Waals surface area (Å²) in [6.07, 6.45) is 1.58. The molecule has 27 heavy (non-hydrogen) atoms. The number of rotatable bonds is 7. The van der Waals surface area contributed by atoms with Crippen LogP contribution in [0.2, 0.25) is 0 Å². The van der Waals surface area contributed by atoms with Gasteiger partial charge >= 0.3 is 5.69 Å². The zero-order valence-electron chi connectivity index (χ0n) is 14.8. The minimum Gasteiger partial charge on any atom is -0.479 e. The van der Waals surface area contributed by atoms with Gasteiger partial charge in [-0.2, -0.15) is 5.10 Å². The number of amides is 1. The van der Waals surface area contributed by atoms with Crippen LogP contribution in [-0.2, 0) is 13.2 Å². The summed E-state index contributed by atoms with van der Waals surface area (Å²) in [5.74, 6) is 0.206. The van der Waals surface area contributed by atoms with E-state index in [-0.39, 0.29) is 23.8 Å². The highest BCUT2D eigenvalue weighted by molar-refractivity contribution is 6.02. The largest absolute Gasteiger partial charge is 0.479 e. The number of aromatic nitrogens is 2. The molecule has 9 nitrogen and oxygen atoms in total. The van der Waals surface area contributed by atoms with Crippen molar-refractivity contribution in [2.75, 3.05) is 5.32 Å². The first-order valence-electron chi connectivity index (χ1n) is 8.28. The van der Waals surface area contributed by atoms with Crippen molar-refractivity contribution in [2.45, 2.75) is 27.0 Å². The Kier molecular flexibility index (Phi) is 5.20. The summed E-state index contributed by atoms with van der Waals surface area (Å²) < 4.78 is 12.7. The number of nitro groups is 1. The first-order valence-corrected chi connectivity index (χ1v) is 8.28. The minimum absolute atomic E-state index is 0.0368. The number of hydrogen-bond acceptors (Lipinski definition) is 6. The van der Waals surface area contributed by atoms with E-state index in [2.05, 4.69) is 10.4 Å². The van der Waals surface area contributed by atoms with E-state index in [4.69, 9.17) is 9.15 Å². The Morgan fingerprint density at radius 2 is 2.11 bits per heavy atom. The van der Waals surface area contributed by atoms with E-state index in [1.807, 2.05) is 13.8 Å². The van der Waals surface area contributed by atoms with Crippen LogP contribution in [0.3, 0.4) is 0 Å². The summed E-state index contributed by atoms with van der Waals surface area (Å²) in [6, 6.07) is 9.17. The topological polar surface area (TPSA) is 112 Å². The van der Waals surface area contributed by atoms with E-state index in [0.29, 0.717) is 18.0 Å². The minimum atomic E-state index is -0.519. The molecule has 140 valence electrons. The average molecular weight is 370 g/mol. The Balaban J connectivity index is 1.65. The highest BCUT2D eigenvalue weighted by atomic mass is 16.6. The molecule has 0 aliphatic carbocycles. The third-order valence-electron chi connectivity index (χ3n) is 3.97. The van der Waals surface area contributed by atoms with Gasteiger partial charge in [-0.25, -0.2) is 0 Å². The number of hydrogen-bond donors (Lipinski definition) is 1. The second-order valence-electron chi connectivity index (χ2n) is 5.69. The van der Waals surface area contributed by atoms with Crippen LogP contribution in [0.15, 0.2) is 47.0 Å². The summed E-state index contributed by atoms with van der Waals surface area (Å²) in [4.78, 5) is 22.8. The van der Waals surface area contributed by atoms with Crippen LogP contribution in [0.25, 0.3) is 0 Å². The highest BCUT2D eigenvalue weighted by Gasteiger charge is 2.17. The predicted molar refractivity (Wildman–Crippen MR) is 96.7 cm³/mol. The van der Waals surface area contributed by atoms with Gasteiger partial charge in [-0.05, 0) is 32.0 Å². The number of aryl methyl sites for hydroxylation is 1. The number of carbonyl (C=O) groups excluding carboxylic acids is 1. The number of nitrogens with one attached hydrogen (secondary N) is 1. The molecule has 1 amide bonds. The van der Waals surface area contributed by atoms with Crippen molar-refractivity contribution >= 4 is 17.3 Å². The van der Waals surface area contributed by atoms with Gasteiger partial charge in [0.1, 0.15) is 12.4 Å². The third kappa shape index (κ3) is 3.97.